The van der Waals surface area contributed by atoms with Crippen LogP contribution in [0.3, 0.4) is 0 Å². The van der Waals surface area contributed by atoms with Gasteiger partial charge in [-0.15, -0.1) is 0 Å². The van der Waals surface area contributed by atoms with E-state index in [2.05, 4.69) is 12.2 Å². The minimum atomic E-state index is -0.535. The van der Waals surface area contributed by atoms with Crippen molar-refractivity contribution in [1.29, 1.82) is 0 Å². The third-order valence-corrected chi connectivity index (χ3v) is 4.28. The Morgan fingerprint density at radius 2 is 1.80 bits per heavy atom. The number of amides is 2. The fourth-order valence-corrected chi connectivity index (χ4v) is 3.03. The zero-order chi connectivity index (χ0) is 17.8. The summed E-state index contributed by atoms with van der Waals surface area (Å²) in [5, 5.41) is 3.24. The van der Waals surface area contributed by atoms with Crippen LogP contribution in [0.1, 0.15) is 25.8 Å². The van der Waals surface area contributed by atoms with Crippen LogP contribution in [0.15, 0.2) is 48.5 Å². The Kier molecular flexibility index (Phi) is 5.03. The van der Waals surface area contributed by atoms with E-state index in [1.807, 2.05) is 31.2 Å². The van der Waals surface area contributed by atoms with Crippen LogP contribution in [0.4, 0.5) is 11.4 Å². The van der Waals surface area contributed by atoms with Crippen molar-refractivity contribution in [2.75, 3.05) is 16.8 Å². The largest absolute Gasteiger partial charge is 0.494 e. The average Bonchev–Trinajstić information content (AvgIpc) is 2.90. The van der Waals surface area contributed by atoms with Gasteiger partial charge in [-0.05, 0) is 49.2 Å². The second-order valence-electron chi connectivity index (χ2n) is 5.91. The van der Waals surface area contributed by atoms with E-state index in [1.165, 1.54) is 4.90 Å². The number of hydrogen-bond donors (Lipinski definition) is 1. The Labute approximate surface area is 147 Å². The summed E-state index contributed by atoms with van der Waals surface area (Å²) < 4.78 is 5.40. The van der Waals surface area contributed by atoms with E-state index in [1.54, 1.807) is 24.3 Å². The number of carbonyl (C=O) groups is 2. The second-order valence-corrected chi connectivity index (χ2v) is 5.91. The van der Waals surface area contributed by atoms with Crippen LogP contribution < -0.4 is 15.0 Å². The van der Waals surface area contributed by atoms with Gasteiger partial charge in [0.1, 0.15) is 11.8 Å². The van der Waals surface area contributed by atoms with Crippen LogP contribution in [0.25, 0.3) is 0 Å². The summed E-state index contributed by atoms with van der Waals surface area (Å²) in [6, 6.07) is 14.3. The number of nitrogens with zero attached hydrogens (tertiary/aromatic N) is 1. The maximum atomic E-state index is 12.7. The lowest BCUT2D eigenvalue weighted by atomic mass is 10.1. The Bertz CT molecular complexity index is 771. The third-order valence-electron chi connectivity index (χ3n) is 4.28. The summed E-state index contributed by atoms with van der Waals surface area (Å²) in [4.78, 5) is 26.4. The smallest absolute Gasteiger partial charge is 0.256 e. The van der Waals surface area contributed by atoms with Gasteiger partial charge < -0.3 is 10.1 Å². The summed E-state index contributed by atoms with van der Waals surface area (Å²) in [5.41, 5.74) is 2.61. The lowest BCUT2D eigenvalue weighted by Gasteiger charge is -2.17. The standard InChI is InChI=1S/C20H22N2O3/c1-3-14-7-5-6-8-17(14)21-18-13-19(23)22(20(18)24)15-9-11-16(12-10-15)25-4-2/h5-12,18,21H,3-4,13H2,1-2H3/t18-/m0/s1. The van der Waals surface area contributed by atoms with E-state index in [0.717, 1.165) is 23.4 Å². The normalized spacial score (nSPS) is 17.0. The lowest BCUT2D eigenvalue weighted by molar-refractivity contribution is -0.121. The van der Waals surface area contributed by atoms with Crippen molar-refractivity contribution >= 4 is 23.2 Å². The van der Waals surface area contributed by atoms with Gasteiger partial charge in [0, 0.05) is 5.69 Å². The predicted molar refractivity (Wildman–Crippen MR) is 98.0 cm³/mol. The number of hydrogen-bond acceptors (Lipinski definition) is 4. The Balaban J connectivity index is 1.78. The first-order valence-corrected chi connectivity index (χ1v) is 8.58. The van der Waals surface area contributed by atoms with Crippen LogP contribution in [0.5, 0.6) is 5.75 Å². The summed E-state index contributed by atoms with van der Waals surface area (Å²) in [5.74, 6) is 0.303. The van der Waals surface area contributed by atoms with Gasteiger partial charge in [0.05, 0.1) is 18.7 Å². The molecule has 1 heterocycles. The van der Waals surface area contributed by atoms with Crippen LogP contribution in [-0.4, -0.2) is 24.5 Å². The Morgan fingerprint density at radius 1 is 1.08 bits per heavy atom. The van der Waals surface area contributed by atoms with E-state index >= 15 is 0 Å². The summed E-state index contributed by atoms with van der Waals surface area (Å²) in [7, 11) is 0. The molecule has 1 aliphatic heterocycles. The van der Waals surface area contributed by atoms with Gasteiger partial charge in [-0.1, -0.05) is 25.1 Å². The SMILES string of the molecule is CCOc1ccc(N2C(=O)C[C@H](Nc3ccccc3CC)C2=O)cc1. The number of aryl methyl sites for hydroxylation is 1. The number of benzene rings is 2. The van der Waals surface area contributed by atoms with Crippen LogP contribution in [0, 0.1) is 0 Å². The molecule has 2 aromatic carbocycles. The highest BCUT2D eigenvalue weighted by Gasteiger charge is 2.39. The molecule has 5 nitrogen and oxygen atoms in total. The molecule has 0 radical (unpaired) electrons. The Hall–Kier alpha value is -2.82. The van der Waals surface area contributed by atoms with E-state index in [9.17, 15) is 9.59 Å². The summed E-state index contributed by atoms with van der Waals surface area (Å²) in [6.45, 7) is 4.55. The highest BCUT2D eigenvalue weighted by molar-refractivity contribution is 6.23. The molecule has 130 valence electrons. The molecule has 1 fully saturated rings. The number of para-hydroxylation sites is 1. The molecule has 0 bridgehead atoms. The maximum absolute atomic E-state index is 12.7. The van der Waals surface area contributed by atoms with E-state index in [-0.39, 0.29) is 18.2 Å². The van der Waals surface area contributed by atoms with E-state index in [0.29, 0.717) is 12.3 Å². The molecule has 2 amide bonds. The number of nitrogens with one attached hydrogen (secondary N) is 1. The summed E-state index contributed by atoms with van der Waals surface area (Å²) in [6.07, 6.45) is 1.02. The van der Waals surface area contributed by atoms with Crippen LogP contribution in [0.2, 0.25) is 0 Å². The number of carbonyl (C=O) groups excluding carboxylic acids is 2. The fraction of sp³-hybridized carbons (Fsp3) is 0.300. The zero-order valence-corrected chi connectivity index (χ0v) is 14.5. The van der Waals surface area contributed by atoms with Crippen molar-refractivity contribution in [3.05, 3.63) is 54.1 Å². The van der Waals surface area contributed by atoms with E-state index < -0.39 is 6.04 Å². The quantitative estimate of drug-likeness (QED) is 0.820. The lowest BCUT2D eigenvalue weighted by Crippen LogP contribution is -2.34. The van der Waals surface area contributed by atoms with Gasteiger partial charge in [0.15, 0.2) is 0 Å². The summed E-state index contributed by atoms with van der Waals surface area (Å²) >= 11 is 0. The average molecular weight is 338 g/mol. The molecule has 1 aliphatic rings. The van der Waals surface area contributed by atoms with Gasteiger partial charge in [-0.3, -0.25) is 9.59 Å². The van der Waals surface area contributed by atoms with Crippen molar-refractivity contribution in [3.8, 4) is 5.75 Å². The minimum absolute atomic E-state index is 0.157. The molecule has 0 saturated carbocycles. The topological polar surface area (TPSA) is 58.6 Å². The first-order valence-electron chi connectivity index (χ1n) is 8.58. The molecule has 25 heavy (non-hydrogen) atoms. The monoisotopic (exact) mass is 338 g/mol. The van der Waals surface area contributed by atoms with Crippen LogP contribution in [-0.2, 0) is 16.0 Å². The maximum Gasteiger partial charge on any atom is 0.256 e. The molecule has 1 N–H and O–H groups in total. The highest BCUT2D eigenvalue weighted by atomic mass is 16.5. The van der Waals surface area contributed by atoms with Gasteiger partial charge >= 0.3 is 0 Å². The van der Waals surface area contributed by atoms with Gasteiger partial charge in [-0.2, -0.15) is 0 Å². The van der Waals surface area contributed by atoms with Crippen LogP contribution >= 0.6 is 0 Å². The third kappa shape index (κ3) is 3.50. The zero-order valence-electron chi connectivity index (χ0n) is 14.5. The first kappa shape index (κ1) is 17.0. The molecule has 1 saturated heterocycles. The fourth-order valence-electron chi connectivity index (χ4n) is 3.03. The molecule has 3 rings (SSSR count). The van der Waals surface area contributed by atoms with Crippen molar-refractivity contribution in [2.24, 2.45) is 0 Å². The first-order chi connectivity index (χ1) is 12.1. The predicted octanol–water partition coefficient (Wildman–Crippen LogP) is 3.39. The number of imide groups is 1. The molecule has 0 spiro atoms. The highest BCUT2D eigenvalue weighted by Crippen LogP contribution is 2.27. The molecule has 1 atom stereocenters. The second kappa shape index (κ2) is 7.38. The van der Waals surface area contributed by atoms with Crippen molar-refractivity contribution in [1.82, 2.24) is 0 Å². The van der Waals surface area contributed by atoms with Gasteiger partial charge in [0.25, 0.3) is 5.91 Å². The molecule has 0 aromatic heterocycles. The molecular formula is C20H22N2O3. The minimum Gasteiger partial charge on any atom is -0.494 e. The van der Waals surface area contributed by atoms with Crippen molar-refractivity contribution < 1.29 is 14.3 Å². The molecule has 0 aliphatic carbocycles. The van der Waals surface area contributed by atoms with Gasteiger partial charge in [-0.25, -0.2) is 4.90 Å². The molecule has 2 aromatic rings. The van der Waals surface area contributed by atoms with Crippen molar-refractivity contribution in [2.45, 2.75) is 32.7 Å². The number of rotatable bonds is 6. The molecular weight excluding hydrogens is 316 g/mol. The van der Waals surface area contributed by atoms with Crippen molar-refractivity contribution in [3.63, 3.8) is 0 Å². The van der Waals surface area contributed by atoms with E-state index in [4.69, 9.17) is 4.74 Å². The number of anilines is 2. The molecule has 5 heteroatoms. The Morgan fingerprint density at radius 3 is 2.48 bits per heavy atom. The molecule has 0 unspecified atom stereocenters. The number of ether oxygens (including phenoxy) is 1. The van der Waals surface area contributed by atoms with Gasteiger partial charge in [0.2, 0.25) is 5.91 Å².